The number of hydrogen-bond donors (Lipinski definition) is 1. The Hall–Kier alpha value is -1.71. The van der Waals surface area contributed by atoms with E-state index in [1.165, 1.54) is 0 Å². The first-order valence-corrected chi connectivity index (χ1v) is 6.34. The summed E-state index contributed by atoms with van der Waals surface area (Å²) in [6, 6.07) is 5.31. The first-order valence-electron chi connectivity index (χ1n) is 6.34. The quantitative estimate of drug-likeness (QED) is 0.893. The Bertz CT molecular complexity index is 429. The number of carbonyl (C=O) groups is 1. The number of ether oxygens (including phenoxy) is 2. The van der Waals surface area contributed by atoms with E-state index in [0.717, 1.165) is 6.42 Å². The van der Waals surface area contributed by atoms with Crippen LogP contribution in [0.2, 0.25) is 0 Å². The molecule has 0 atom stereocenters. The summed E-state index contributed by atoms with van der Waals surface area (Å²) in [7, 11) is 0. The van der Waals surface area contributed by atoms with E-state index in [1.54, 1.807) is 18.2 Å². The largest absolute Gasteiger partial charge is 0.490 e. The number of carbonyl (C=O) groups excluding carboxylic acids is 1. The Morgan fingerprint density at radius 2 is 2.00 bits per heavy atom. The van der Waals surface area contributed by atoms with E-state index in [1.807, 2.05) is 0 Å². The average Bonchev–Trinajstić information content (AvgIpc) is 2.60. The van der Waals surface area contributed by atoms with Gasteiger partial charge in [-0.2, -0.15) is 0 Å². The van der Waals surface area contributed by atoms with Crippen LogP contribution in [0.5, 0.6) is 11.5 Å². The molecule has 0 aromatic heterocycles. The van der Waals surface area contributed by atoms with Crippen LogP contribution in [0.3, 0.4) is 0 Å². The summed E-state index contributed by atoms with van der Waals surface area (Å²) in [5, 5.41) is 2.89. The van der Waals surface area contributed by atoms with Crippen molar-refractivity contribution in [1.29, 1.82) is 0 Å². The highest BCUT2D eigenvalue weighted by Crippen LogP contribution is 2.30. The molecule has 0 unspecified atom stereocenters. The van der Waals surface area contributed by atoms with Crippen LogP contribution in [-0.2, 0) is 0 Å². The van der Waals surface area contributed by atoms with E-state index >= 15 is 0 Å². The second-order valence-electron chi connectivity index (χ2n) is 4.82. The van der Waals surface area contributed by atoms with Crippen LogP contribution < -0.4 is 14.8 Å². The number of rotatable bonds is 3. The van der Waals surface area contributed by atoms with Crippen molar-refractivity contribution in [3.05, 3.63) is 23.8 Å². The third-order valence-electron chi connectivity index (χ3n) is 2.68. The molecule has 0 fully saturated rings. The fourth-order valence-electron chi connectivity index (χ4n) is 1.70. The minimum Gasteiger partial charge on any atom is -0.490 e. The maximum absolute atomic E-state index is 11.9. The molecule has 0 spiro atoms. The predicted octanol–water partition coefficient (Wildman–Crippen LogP) is 2.23. The zero-order valence-electron chi connectivity index (χ0n) is 10.9. The van der Waals surface area contributed by atoms with Gasteiger partial charge in [0, 0.05) is 18.5 Å². The summed E-state index contributed by atoms with van der Waals surface area (Å²) in [6.45, 7) is 6.09. The Kier molecular flexibility index (Phi) is 4.07. The van der Waals surface area contributed by atoms with Gasteiger partial charge in [0.05, 0.1) is 13.2 Å². The number of nitrogens with one attached hydrogen (secondary N) is 1. The molecule has 0 saturated carbocycles. The Labute approximate surface area is 107 Å². The van der Waals surface area contributed by atoms with Crippen molar-refractivity contribution in [3.63, 3.8) is 0 Å². The van der Waals surface area contributed by atoms with Gasteiger partial charge in [-0.15, -0.1) is 0 Å². The third kappa shape index (κ3) is 3.15. The molecule has 0 radical (unpaired) electrons. The topological polar surface area (TPSA) is 47.6 Å². The molecule has 1 aliphatic heterocycles. The zero-order chi connectivity index (χ0) is 13.0. The van der Waals surface area contributed by atoms with Crippen LogP contribution in [0.25, 0.3) is 0 Å². The van der Waals surface area contributed by atoms with Gasteiger partial charge in [-0.25, -0.2) is 0 Å². The standard InChI is InChI=1S/C14H19NO3/c1-10(2)9-15-14(16)11-4-5-12-13(8-11)18-7-3-6-17-12/h4-5,8,10H,3,6-7,9H2,1-2H3,(H,15,16). The molecule has 1 aromatic carbocycles. The first-order chi connectivity index (χ1) is 8.66. The highest BCUT2D eigenvalue weighted by atomic mass is 16.5. The minimum absolute atomic E-state index is 0.0700. The molecule has 0 saturated heterocycles. The molecule has 1 heterocycles. The van der Waals surface area contributed by atoms with Gasteiger partial charge in [0.25, 0.3) is 5.91 Å². The molecule has 1 amide bonds. The molecule has 98 valence electrons. The van der Waals surface area contributed by atoms with Crippen LogP contribution in [0.4, 0.5) is 0 Å². The van der Waals surface area contributed by atoms with Gasteiger partial charge in [0.15, 0.2) is 11.5 Å². The molecule has 4 heteroatoms. The monoisotopic (exact) mass is 249 g/mol. The highest BCUT2D eigenvalue weighted by Gasteiger charge is 2.13. The lowest BCUT2D eigenvalue weighted by molar-refractivity contribution is 0.0948. The third-order valence-corrected chi connectivity index (χ3v) is 2.68. The first kappa shape index (κ1) is 12.7. The average molecular weight is 249 g/mol. The van der Waals surface area contributed by atoms with Gasteiger partial charge in [-0.05, 0) is 24.1 Å². The van der Waals surface area contributed by atoms with Gasteiger partial charge in [0.1, 0.15) is 0 Å². The normalized spacial score (nSPS) is 14.2. The van der Waals surface area contributed by atoms with Crippen LogP contribution in [-0.4, -0.2) is 25.7 Å². The van der Waals surface area contributed by atoms with Crippen molar-refractivity contribution >= 4 is 5.91 Å². The number of amides is 1. The number of hydrogen-bond acceptors (Lipinski definition) is 3. The number of fused-ring (bicyclic) bond motifs is 1. The van der Waals surface area contributed by atoms with Gasteiger partial charge in [-0.1, -0.05) is 13.8 Å². The van der Waals surface area contributed by atoms with E-state index in [4.69, 9.17) is 9.47 Å². The van der Waals surface area contributed by atoms with Gasteiger partial charge in [0.2, 0.25) is 0 Å². The molecule has 0 bridgehead atoms. The molecule has 0 aliphatic carbocycles. The van der Waals surface area contributed by atoms with Crippen molar-refractivity contribution in [1.82, 2.24) is 5.32 Å². The predicted molar refractivity (Wildman–Crippen MR) is 69.2 cm³/mol. The van der Waals surface area contributed by atoms with Crippen molar-refractivity contribution in [2.75, 3.05) is 19.8 Å². The van der Waals surface area contributed by atoms with Crippen molar-refractivity contribution in [2.45, 2.75) is 20.3 Å². The Morgan fingerprint density at radius 1 is 1.28 bits per heavy atom. The number of benzene rings is 1. The van der Waals surface area contributed by atoms with Crippen LogP contribution in [0.15, 0.2) is 18.2 Å². The summed E-state index contributed by atoms with van der Waals surface area (Å²) in [4.78, 5) is 11.9. The second kappa shape index (κ2) is 5.76. The Morgan fingerprint density at radius 3 is 2.72 bits per heavy atom. The van der Waals surface area contributed by atoms with Crippen molar-refractivity contribution in [2.24, 2.45) is 5.92 Å². The van der Waals surface area contributed by atoms with Gasteiger partial charge >= 0.3 is 0 Å². The molecular formula is C14H19NO3. The van der Waals surface area contributed by atoms with E-state index in [2.05, 4.69) is 19.2 Å². The van der Waals surface area contributed by atoms with Crippen molar-refractivity contribution < 1.29 is 14.3 Å². The smallest absolute Gasteiger partial charge is 0.251 e. The van der Waals surface area contributed by atoms with Crippen LogP contribution in [0.1, 0.15) is 30.6 Å². The highest BCUT2D eigenvalue weighted by molar-refractivity contribution is 5.94. The Balaban J connectivity index is 2.10. The minimum atomic E-state index is -0.0700. The summed E-state index contributed by atoms with van der Waals surface area (Å²) >= 11 is 0. The van der Waals surface area contributed by atoms with Gasteiger partial charge < -0.3 is 14.8 Å². The fourth-order valence-corrected chi connectivity index (χ4v) is 1.70. The fraction of sp³-hybridized carbons (Fsp3) is 0.500. The van der Waals surface area contributed by atoms with E-state index in [9.17, 15) is 4.79 Å². The maximum atomic E-state index is 11.9. The lowest BCUT2D eigenvalue weighted by atomic mass is 10.1. The van der Waals surface area contributed by atoms with Crippen LogP contribution >= 0.6 is 0 Å². The molecule has 18 heavy (non-hydrogen) atoms. The lowest BCUT2D eigenvalue weighted by Gasteiger charge is -2.10. The summed E-state index contributed by atoms with van der Waals surface area (Å²) < 4.78 is 11.1. The lowest BCUT2D eigenvalue weighted by Crippen LogP contribution is -2.27. The maximum Gasteiger partial charge on any atom is 0.251 e. The summed E-state index contributed by atoms with van der Waals surface area (Å²) in [5.41, 5.74) is 0.611. The van der Waals surface area contributed by atoms with E-state index in [0.29, 0.717) is 42.7 Å². The molecule has 1 aromatic rings. The molecule has 1 aliphatic rings. The summed E-state index contributed by atoms with van der Waals surface area (Å²) in [5.74, 6) is 1.74. The molecule has 4 nitrogen and oxygen atoms in total. The SMILES string of the molecule is CC(C)CNC(=O)c1ccc2c(c1)OCCCO2. The van der Waals surface area contributed by atoms with Gasteiger partial charge in [-0.3, -0.25) is 4.79 Å². The van der Waals surface area contributed by atoms with Crippen LogP contribution in [0, 0.1) is 5.92 Å². The second-order valence-corrected chi connectivity index (χ2v) is 4.82. The molecular weight excluding hydrogens is 230 g/mol. The summed E-state index contributed by atoms with van der Waals surface area (Å²) in [6.07, 6.45) is 0.865. The molecule has 1 N–H and O–H groups in total. The molecule has 2 rings (SSSR count). The van der Waals surface area contributed by atoms with E-state index < -0.39 is 0 Å². The van der Waals surface area contributed by atoms with Crippen molar-refractivity contribution in [3.8, 4) is 11.5 Å². The zero-order valence-corrected chi connectivity index (χ0v) is 10.9. The van der Waals surface area contributed by atoms with E-state index in [-0.39, 0.29) is 5.91 Å².